The van der Waals surface area contributed by atoms with Crippen LogP contribution in [0.15, 0.2) is 39.5 Å². The van der Waals surface area contributed by atoms with Gasteiger partial charge in [0, 0.05) is 11.9 Å². The largest absolute Gasteiger partial charge is 0.453 e. The number of nitrogens with zero attached hydrogens (tertiary/aromatic N) is 1. The molecule has 0 aliphatic rings. The van der Waals surface area contributed by atoms with Gasteiger partial charge >= 0.3 is 0 Å². The van der Waals surface area contributed by atoms with Gasteiger partial charge in [-0.1, -0.05) is 11.6 Å². The number of hydrogen-bond acceptors (Lipinski definition) is 4. The van der Waals surface area contributed by atoms with E-state index in [2.05, 4.69) is 11.1 Å². The molecule has 17 heavy (non-hydrogen) atoms. The van der Waals surface area contributed by atoms with Gasteiger partial charge in [0.15, 0.2) is 17.9 Å². The molecule has 0 unspecified atom stereocenters. The number of benzene rings is 1. The predicted molar refractivity (Wildman–Crippen MR) is 64.3 cm³/mol. The average Bonchev–Trinajstić information content (AvgIpc) is 2.93. The number of furan rings is 1. The second kappa shape index (κ2) is 3.75. The summed E-state index contributed by atoms with van der Waals surface area (Å²) in [5.74, 6) is 1.28. The van der Waals surface area contributed by atoms with Crippen LogP contribution in [0.25, 0.3) is 22.5 Å². The number of fused-ring (bicyclic) bond motifs is 1. The summed E-state index contributed by atoms with van der Waals surface area (Å²) < 4.78 is 11.0. The molecule has 0 bridgehead atoms. The summed E-state index contributed by atoms with van der Waals surface area (Å²) in [6.45, 7) is 2.38. The lowest BCUT2D eigenvalue weighted by Crippen LogP contribution is -1.97. The number of oxazole rings is 1. The molecule has 0 aliphatic heterocycles. The summed E-state index contributed by atoms with van der Waals surface area (Å²) in [6, 6.07) is 7.98. The first-order valence-corrected chi connectivity index (χ1v) is 5.41. The molecule has 0 spiro atoms. The van der Waals surface area contributed by atoms with Crippen LogP contribution in [0.2, 0.25) is 0 Å². The van der Waals surface area contributed by atoms with Crippen molar-refractivity contribution in [3.05, 3.63) is 41.9 Å². The first kappa shape index (κ1) is 10.1. The minimum Gasteiger partial charge on any atom is -0.453 e. The van der Waals surface area contributed by atoms with Crippen molar-refractivity contribution in [2.45, 2.75) is 13.5 Å². The molecule has 0 fully saturated rings. The van der Waals surface area contributed by atoms with Crippen molar-refractivity contribution >= 4 is 11.0 Å². The molecule has 0 atom stereocenters. The van der Waals surface area contributed by atoms with Crippen LogP contribution in [0.4, 0.5) is 0 Å². The Labute approximate surface area is 98.0 Å². The molecule has 2 heterocycles. The van der Waals surface area contributed by atoms with Gasteiger partial charge in [0.25, 0.3) is 0 Å². The Morgan fingerprint density at radius 3 is 3.00 bits per heavy atom. The Hall–Kier alpha value is -2.07. The quantitative estimate of drug-likeness (QED) is 0.732. The smallest absolute Gasteiger partial charge is 0.194 e. The molecule has 0 amide bonds. The number of nitrogens with two attached hydrogens (primary N) is 1. The van der Waals surface area contributed by atoms with Crippen LogP contribution in [-0.2, 0) is 6.54 Å². The van der Waals surface area contributed by atoms with E-state index in [1.807, 2.05) is 25.1 Å². The van der Waals surface area contributed by atoms with Crippen molar-refractivity contribution < 1.29 is 8.83 Å². The van der Waals surface area contributed by atoms with Crippen LogP contribution in [0.3, 0.4) is 0 Å². The number of aryl methyl sites for hydroxylation is 1. The molecule has 0 saturated carbocycles. The Bertz CT molecular complexity index is 667. The van der Waals surface area contributed by atoms with Gasteiger partial charge in [-0.15, -0.1) is 0 Å². The minimum atomic E-state index is 0.335. The Kier molecular flexibility index (Phi) is 2.23. The van der Waals surface area contributed by atoms with Crippen molar-refractivity contribution in [2.24, 2.45) is 5.73 Å². The first-order chi connectivity index (χ1) is 8.28. The molecule has 1 aromatic carbocycles. The third-order valence-corrected chi connectivity index (χ3v) is 2.73. The van der Waals surface area contributed by atoms with Crippen LogP contribution in [-0.4, -0.2) is 4.98 Å². The highest BCUT2D eigenvalue weighted by atomic mass is 16.4. The Balaban J connectivity index is 2.18. The summed E-state index contributed by atoms with van der Waals surface area (Å²) in [7, 11) is 0. The molecule has 0 radical (unpaired) electrons. The maximum atomic E-state index is 5.72. The standard InChI is InChI=1S/C13H12N2O2/c1-8-2-3-11-9(4-8)5-12(17-11)13-10(6-14)15-7-16-13/h2-5,7H,6,14H2,1H3. The number of rotatable bonds is 2. The highest BCUT2D eigenvalue weighted by Gasteiger charge is 2.14. The summed E-state index contributed by atoms with van der Waals surface area (Å²) in [6.07, 6.45) is 1.38. The fraction of sp³-hybridized carbons (Fsp3) is 0.154. The maximum Gasteiger partial charge on any atom is 0.194 e. The summed E-state index contributed by atoms with van der Waals surface area (Å²) in [5, 5.41) is 1.05. The van der Waals surface area contributed by atoms with Gasteiger partial charge in [0.1, 0.15) is 11.3 Å². The second-order valence-electron chi connectivity index (χ2n) is 3.98. The van der Waals surface area contributed by atoms with Crippen molar-refractivity contribution in [3.8, 4) is 11.5 Å². The molecule has 2 aromatic heterocycles. The van der Waals surface area contributed by atoms with E-state index >= 15 is 0 Å². The van der Waals surface area contributed by atoms with E-state index < -0.39 is 0 Å². The van der Waals surface area contributed by atoms with Gasteiger partial charge in [0.05, 0.1) is 0 Å². The van der Waals surface area contributed by atoms with Crippen LogP contribution in [0, 0.1) is 6.92 Å². The summed E-state index contributed by atoms with van der Waals surface area (Å²) in [5.41, 5.74) is 8.33. The van der Waals surface area contributed by atoms with Gasteiger partial charge < -0.3 is 14.6 Å². The number of hydrogen-bond donors (Lipinski definition) is 1. The van der Waals surface area contributed by atoms with E-state index in [9.17, 15) is 0 Å². The van der Waals surface area contributed by atoms with E-state index in [1.165, 1.54) is 12.0 Å². The highest BCUT2D eigenvalue weighted by Crippen LogP contribution is 2.30. The molecule has 86 valence electrons. The predicted octanol–water partition coefficient (Wildman–Crippen LogP) is 2.85. The highest BCUT2D eigenvalue weighted by molar-refractivity contribution is 5.82. The molecule has 3 rings (SSSR count). The van der Waals surface area contributed by atoms with E-state index in [4.69, 9.17) is 14.6 Å². The normalized spacial score (nSPS) is 11.2. The zero-order valence-electron chi connectivity index (χ0n) is 9.43. The summed E-state index contributed by atoms with van der Waals surface area (Å²) >= 11 is 0. The zero-order valence-corrected chi connectivity index (χ0v) is 9.43. The third kappa shape index (κ3) is 1.62. The summed E-state index contributed by atoms with van der Waals surface area (Å²) in [4.78, 5) is 4.05. The third-order valence-electron chi connectivity index (χ3n) is 2.73. The Morgan fingerprint density at radius 1 is 1.29 bits per heavy atom. The molecular weight excluding hydrogens is 216 g/mol. The van der Waals surface area contributed by atoms with Crippen molar-refractivity contribution in [1.29, 1.82) is 0 Å². The maximum absolute atomic E-state index is 5.72. The fourth-order valence-corrected chi connectivity index (χ4v) is 1.89. The topological polar surface area (TPSA) is 65.2 Å². The van der Waals surface area contributed by atoms with Crippen molar-refractivity contribution in [3.63, 3.8) is 0 Å². The lowest BCUT2D eigenvalue weighted by Gasteiger charge is -1.92. The fourth-order valence-electron chi connectivity index (χ4n) is 1.89. The molecule has 0 aliphatic carbocycles. The van der Waals surface area contributed by atoms with Crippen molar-refractivity contribution in [2.75, 3.05) is 0 Å². The van der Waals surface area contributed by atoms with E-state index in [0.29, 0.717) is 23.8 Å². The average molecular weight is 228 g/mol. The van der Waals surface area contributed by atoms with Gasteiger partial charge in [0.2, 0.25) is 0 Å². The molecule has 4 heteroatoms. The van der Waals surface area contributed by atoms with Gasteiger partial charge in [-0.3, -0.25) is 0 Å². The minimum absolute atomic E-state index is 0.335. The van der Waals surface area contributed by atoms with E-state index in [0.717, 1.165) is 11.0 Å². The molecular formula is C13H12N2O2. The molecule has 0 saturated heterocycles. The van der Waals surface area contributed by atoms with Gasteiger partial charge in [-0.2, -0.15) is 0 Å². The second-order valence-corrected chi connectivity index (χ2v) is 3.98. The van der Waals surface area contributed by atoms with Gasteiger partial charge in [-0.05, 0) is 25.1 Å². The van der Waals surface area contributed by atoms with Crippen LogP contribution < -0.4 is 5.73 Å². The molecule has 2 N–H and O–H groups in total. The van der Waals surface area contributed by atoms with E-state index in [1.54, 1.807) is 0 Å². The molecule has 3 aromatic rings. The van der Waals surface area contributed by atoms with Crippen LogP contribution in [0.5, 0.6) is 0 Å². The van der Waals surface area contributed by atoms with Gasteiger partial charge in [-0.25, -0.2) is 4.98 Å². The lowest BCUT2D eigenvalue weighted by atomic mass is 10.2. The van der Waals surface area contributed by atoms with Crippen LogP contribution in [0.1, 0.15) is 11.3 Å². The van der Waals surface area contributed by atoms with Crippen molar-refractivity contribution in [1.82, 2.24) is 4.98 Å². The van der Waals surface area contributed by atoms with Crippen LogP contribution >= 0.6 is 0 Å². The first-order valence-electron chi connectivity index (χ1n) is 5.41. The van der Waals surface area contributed by atoms with E-state index in [-0.39, 0.29) is 0 Å². The Morgan fingerprint density at radius 2 is 2.18 bits per heavy atom. The SMILES string of the molecule is Cc1ccc2oc(-c3ocnc3CN)cc2c1. The molecule has 4 nitrogen and oxygen atoms in total. The zero-order chi connectivity index (χ0) is 11.8. The monoisotopic (exact) mass is 228 g/mol. The number of aromatic nitrogens is 1. The lowest BCUT2D eigenvalue weighted by molar-refractivity contribution is 0.535.